The van der Waals surface area contributed by atoms with Crippen LogP contribution in [0.5, 0.6) is 0 Å². The molecule has 6 nitrogen and oxygen atoms in total. The van der Waals surface area contributed by atoms with Gasteiger partial charge in [-0.3, -0.25) is 14.4 Å². The maximum Gasteiger partial charge on any atom is 0.308 e. The van der Waals surface area contributed by atoms with Crippen LogP contribution in [0.1, 0.15) is 48.5 Å². The summed E-state index contributed by atoms with van der Waals surface area (Å²) in [5.41, 5.74) is 0.631. The molecule has 0 saturated carbocycles. The highest BCUT2D eigenvalue weighted by molar-refractivity contribution is 7.18. The molecule has 2 N–H and O–H groups in total. The highest BCUT2D eigenvalue weighted by Crippen LogP contribution is 2.27. The van der Waals surface area contributed by atoms with Crippen molar-refractivity contribution in [3.8, 4) is 0 Å². The maximum atomic E-state index is 12.6. The van der Waals surface area contributed by atoms with Crippen molar-refractivity contribution in [2.45, 2.75) is 39.3 Å². The molecule has 1 heterocycles. The molecule has 1 aromatic heterocycles. The Labute approximate surface area is 166 Å². The fourth-order valence-corrected chi connectivity index (χ4v) is 3.53. The fourth-order valence-electron chi connectivity index (χ4n) is 2.40. The Morgan fingerprint density at radius 2 is 1.85 bits per heavy atom. The summed E-state index contributed by atoms with van der Waals surface area (Å²) in [5, 5.41) is 6.49. The van der Waals surface area contributed by atoms with Crippen LogP contribution >= 0.6 is 22.9 Å². The van der Waals surface area contributed by atoms with Gasteiger partial charge in [0.25, 0.3) is 5.91 Å². The van der Waals surface area contributed by atoms with Gasteiger partial charge in [-0.25, -0.2) is 0 Å². The van der Waals surface area contributed by atoms with Gasteiger partial charge in [-0.05, 0) is 37.6 Å². The van der Waals surface area contributed by atoms with E-state index >= 15 is 0 Å². The molecule has 27 heavy (non-hydrogen) atoms. The molecule has 0 unspecified atom stereocenters. The molecule has 8 heteroatoms. The lowest BCUT2D eigenvalue weighted by molar-refractivity contribution is -0.147. The molecular formula is C19H21ClN2O4S. The summed E-state index contributed by atoms with van der Waals surface area (Å²) in [7, 11) is 0. The Bertz CT molecular complexity index is 835. The molecule has 0 saturated heterocycles. The van der Waals surface area contributed by atoms with Crippen molar-refractivity contribution in [2.24, 2.45) is 0 Å². The van der Waals surface area contributed by atoms with E-state index in [1.807, 2.05) is 0 Å². The number of nitrogens with one attached hydrogen (secondary N) is 2. The standard InChI is InChI=1S/C19H21ClN2O4S/c1-11(2)26-18(24)10-15(13-6-4-5-7-14(13)20)22-19(25)16-8-9-17(27-16)21-12(3)23/h4-9,11,15H,10H2,1-3H3,(H,21,23)(H,22,25)/t15-/m1/s1. The second-order valence-electron chi connectivity index (χ2n) is 6.14. The van der Waals surface area contributed by atoms with E-state index in [4.69, 9.17) is 16.3 Å². The van der Waals surface area contributed by atoms with Gasteiger partial charge in [0.15, 0.2) is 0 Å². The summed E-state index contributed by atoms with van der Waals surface area (Å²) >= 11 is 7.40. The van der Waals surface area contributed by atoms with Crippen LogP contribution in [0.3, 0.4) is 0 Å². The Hall–Kier alpha value is -2.38. The van der Waals surface area contributed by atoms with Gasteiger partial charge in [0, 0.05) is 11.9 Å². The smallest absolute Gasteiger partial charge is 0.308 e. The van der Waals surface area contributed by atoms with Crippen molar-refractivity contribution in [3.05, 3.63) is 51.9 Å². The van der Waals surface area contributed by atoms with E-state index in [-0.39, 0.29) is 24.3 Å². The zero-order valence-electron chi connectivity index (χ0n) is 15.2. The molecule has 0 aliphatic carbocycles. The molecule has 0 aliphatic heterocycles. The summed E-state index contributed by atoms with van der Waals surface area (Å²) < 4.78 is 5.20. The summed E-state index contributed by atoms with van der Waals surface area (Å²) in [6.45, 7) is 4.92. The highest BCUT2D eigenvalue weighted by Gasteiger charge is 2.23. The monoisotopic (exact) mass is 408 g/mol. The number of anilines is 1. The third-order valence-corrected chi connectivity index (χ3v) is 4.80. The number of esters is 1. The topological polar surface area (TPSA) is 84.5 Å². The van der Waals surface area contributed by atoms with E-state index in [0.717, 1.165) is 11.3 Å². The number of hydrogen-bond acceptors (Lipinski definition) is 5. The molecular weight excluding hydrogens is 388 g/mol. The SMILES string of the molecule is CC(=O)Nc1ccc(C(=O)N[C@H](CC(=O)OC(C)C)c2ccccc2Cl)s1. The Kier molecular flexibility index (Phi) is 7.38. The first kappa shape index (κ1) is 20.9. The molecule has 1 aromatic carbocycles. The van der Waals surface area contributed by atoms with Crippen LogP contribution in [0, 0.1) is 0 Å². The van der Waals surface area contributed by atoms with Gasteiger partial charge < -0.3 is 15.4 Å². The van der Waals surface area contributed by atoms with Crippen molar-refractivity contribution in [1.29, 1.82) is 0 Å². The third kappa shape index (κ3) is 6.37. The van der Waals surface area contributed by atoms with E-state index in [1.54, 1.807) is 50.2 Å². The number of carbonyl (C=O) groups excluding carboxylic acids is 3. The number of amides is 2. The zero-order chi connectivity index (χ0) is 20.0. The number of hydrogen-bond donors (Lipinski definition) is 2. The average Bonchev–Trinajstić information content (AvgIpc) is 3.01. The number of halogens is 1. The van der Waals surface area contributed by atoms with Crippen LogP contribution in [-0.4, -0.2) is 23.9 Å². The maximum absolute atomic E-state index is 12.6. The molecule has 0 fully saturated rings. The minimum absolute atomic E-state index is 0.0441. The number of ether oxygens (including phenoxy) is 1. The van der Waals surface area contributed by atoms with Crippen molar-refractivity contribution in [1.82, 2.24) is 5.32 Å². The number of benzene rings is 1. The first-order valence-electron chi connectivity index (χ1n) is 8.38. The van der Waals surface area contributed by atoms with Gasteiger partial charge in [0.2, 0.25) is 5.91 Å². The fraction of sp³-hybridized carbons (Fsp3) is 0.316. The second kappa shape index (κ2) is 9.53. The summed E-state index contributed by atoms with van der Waals surface area (Å²) in [6.07, 6.45) is -0.296. The molecule has 1 atom stereocenters. The molecule has 144 valence electrons. The van der Waals surface area contributed by atoms with E-state index in [0.29, 0.717) is 20.5 Å². The average molecular weight is 409 g/mol. The van der Waals surface area contributed by atoms with E-state index in [1.165, 1.54) is 6.92 Å². The van der Waals surface area contributed by atoms with Gasteiger partial charge in [-0.2, -0.15) is 0 Å². The van der Waals surface area contributed by atoms with Crippen LogP contribution < -0.4 is 10.6 Å². The van der Waals surface area contributed by atoms with Crippen molar-refractivity contribution < 1.29 is 19.1 Å². The predicted molar refractivity (Wildman–Crippen MR) is 106 cm³/mol. The normalized spacial score (nSPS) is 11.7. The van der Waals surface area contributed by atoms with Crippen LogP contribution in [0.25, 0.3) is 0 Å². The minimum atomic E-state index is -0.635. The van der Waals surface area contributed by atoms with Crippen LogP contribution in [0.2, 0.25) is 5.02 Å². The molecule has 0 aliphatic rings. The molecule has 2 aromatic rings. The van der Waals surface area contributed by atoms with E-state index in [9.17, 15) is 14.4 Å². The highest BCUT2D eigenvalue weighted by atomic mass is 35.5. The summed E-state index contributed by atoms with van der Waals surface area (Å²) in [6, 6.07) is 9.64. The van der Waals surface area contributed by atoms with Gasteiger partial charge in [0.1, 0.15) is 0 Å². The largest absolute Gasteiger partial charge is 0.463 e. The molecule has 2 amide bonds. The Morgan fingerprint density at radius 1 is 1.15 bits per heavy atom. The zero-order valence-corrected chi connectivity index (χ0v) is 16.8. The predicted octanol–water partition coefficient (Wildman–Crippen LogP) is 4.17. The van der Waals surface area contributed by atoms with Gasteiger partial charge >= 0.3 is 5.97 Å². The molecule has 0 spiro atoms. The first-order chi connectivity index (χ1) is 12.8. The lowest BCUT2D eigenvalue weighted by Gasteiger charge is -2.20. The summed E-state index contributed by atoms with van der Waals surface area (Å²) in [4.78, 5) is 36.3. The van der Waals surface area contributed by atoms with E-state index in [2.05, 4.69) is 10.6 Å². The Morgan fingerprint density at radius 3 is 2.48 bits per heavy atom. The van der Waals surface area contributed by atoms with Crippen LogP contribution in [0.4, 0.5) is 5.00 Å². The van der Waals surface area contributed by atoms with Crippen molar-refractivity contribution in [3.63, 3.8) is 0 Å². The Balaban J connectivity index is 2.19. The minimum Gasteiger partial charge on any atom is -0.463 e. The lowest BCUT2D eigenvalue weighted by atomic mass is 10.0. The molecule has 2 rings (SSSR count). The number of rotatable bonds is 7. The van der Waals surface area contributed by atoms with Crippen LogP contribution in [-0.2, 0) is 14.3 Å². The van der Waals surface area contributed by atoms with E-state index < -0.39 is 12.0 Å². The van der Waals surface area contributed by atoms with Gasteiger partial charge in [0.05, 0.1) is 28.4 Å². The second-order valence-corrected chi connectivity index (χ2v) is 7.63. The first-order valence-corrected chi connectivity index (χ1v) is 9.58. The van der Waals surface area contributed by atoms with Crippen molar-refractivity contribution >= 4 is 45.7 Å². The lowest BCUT2D eigenvalue weighted by Crippen LogP contribution is -2.30. The number of carbonyl (C=O) groups is 3. The molecule has 0 bridgehead atoms. The quantitative estimate of drug-likeness (QED) is 0.673. The summed E-state index contributed by atoms with van der Waals surface area (Å²) in [5.74, 6) is -1.01. The van der Waals surface area contributed by atoms with Gasteiger partial charge in [-0.15, -0.1) is 11.3 Å². The van der Waals surface area contributed by atoms with Gasteiger partial charge in [-0.1, -0.05) is 29.8 Å². The molecule has 0 radical (unpaired) electrons. The number of thiophene rings is 1. The third-order valence-electron chi connectivity index (χ3n) is 3.45. The van der Waals surface area contributed by atoms with Crippen LogP contribution in [0.15, 0.2) is 36.4 Å². The van der Waals surface area contributed by atoms with Crippen molar-refractivity contribution in [2.75, 3.05) is 5.32 Å².